The van der Waals surface area contributed by atoms with Gasteiger partial charge in [0.15, 0.2) is 0 Å². The summed E-state index contributed by atoms with van der Waals surface area (Å²) < 4.78 is 40.9. The van der Waals surface area contributed by atoms with Crippen molar-refractivity contribution in [1.29, 1.82) is 0 Å². The van der Waals surface area contributed by atoms with E-state index >= 15 is 0 Å². The molecule has 11 atom stereocenters. The lowest BCUT2D eigenvalue weighted by Gasteiger charge is -2.60. The van der Waals surface area contributed by atoms with Gasteiger partial charge >= 0.3 is 6.18 Å². The van der Waals surface area contributed by atoms with Crippen LogP contribution in [0.15, 0.2) is 71.7 Å². The first-order valence-corrected chi connectivity index (χ1v) is 34.3. The van der Waals surface area contributed by atoms with Crippen molar-refractivity contribution < 1.29 is 18.0 Å². The molecule has 0 bridgehead atoms. The molecule has 6 N–H and O–H groups in total. The Morgan fingerprint density at radius 3 is 2.24 bits per heavy atom. The maximum Gasteiger partial charge on any atom is 0.417 e. The highest BCUT2D eigenvalue weighted by Crippen LogP contribution is 2.41. The number of hydrogen-bond acceptors (Lipinski definition) is 12. The Hall–Kier alpha value is -3.64. The van der Waals surface area contributed by atoms with E-state index in [2.05, 4.69) is 159 Å². The van der Waals surface area contributed by atoms with Crippen molar-refractivity contribution in [3.05, 3.63) is 82.8 Å². The van der Waals surface area contributed by atoms with Crippen LogP contribution in [-0.4, -0.2) is 162 Å². The highest BCUT2D eigenvalue weighted by molar-refractivity contribution is 6.31. The summed E-state index contributed by atoms with van der Waals surface area (Å²) in [7, 11) is 4.25. The van der Waals surface area contributed by atoms with Gasteiger partial charge in [-0.3, -0.25) is 14.7 Å². The maximum atomic E-state index is 14.8. The molecule has 1 aromatic rings. The number of likely N-dealkylation sites (tertiary alicyclic amines) is 1. The first-order valence-electron chi connectivity index (χ1n) is 33.9. The number of piperidine rings is 1. The number of fused-ring (bicyclic) bond motifs is 2. The second-order valence-corrected chi connectivity index (χ2v) is 28.4. The van der Waals surface area contributed by atoms with Crippen LogP contribution in [0.25, 0.3) is 0 Å². The molecule has 5 unspecified atom stereocenters. The Labute approximate surface area is 524 Å². The summed E-state index contributed by atoms with van der Waals surface area (Å²) in [6.45, 7) is 32.8. The number of allylic oxidation sites excluding steroid dienone is 3. The van der Waals surface area contributed by atoms with Gasteiger partial charge in [0, 0.05) is 168 Å². The highest BCUT2D eigenvalue weighted by Gasteiger charge is 2.55. The van der Waals surface area contributed by atoms with Gasteiger partial charge in [-0.15, -0.1) is 0 Å². The van der Waals surface area contributed by atoms with Gasteiger partial charge in [0.2, 0.25) is 5.91 Å². The van der Waals surface area contributed by atoms with E-state index in [1.165, 1.54) is 55.6 Å². The number of rotatable bonds is 11. The molecule has 2 saturated carbocycles. The van der Waals surface area contributed by atoms with Crippen LogP contribution >= 0.6 is 11.6 Å². The van der Waals surface area contributed by atoms with Gasteiger partial charge < -0.3 is 51.5 Å². The van der Waals surface area contributed by atoms with Gasteiger partial charge in [-0.25, -0.2) is 0 Å². The molecule has 5 fully saturated rings. The molecule has 486 valence electrons. The Morgan fingerprint density at radius 2 is 1.58 bits per heavy atom. The monoisotopic (exact) mass is 1220 g/mol. The minimum absolute atomic E-state index is 0.0378. The van der Waals surface area contributed by atoms with Crippen LogP contribution in [0.5, 0.6) is 0 Å². The van der Waals surface area contributed by atoms with E-state index < -0.39 is 11.7 Å². The molecule has 86 heavy (non-hydrogen) atoms. The van der Waals surface area contributed by atoms with Crippen LogP contribution in [0, 0.1) is 29.6 Å². The van der Waals surface area contributed by atoms with Gasteiger partial charge in [0.05, 0.1) is 16.5 Å². The highest BCUT2D eigenvalue weighted by atomic mass is 35.5. The first kappa shape index (κ1) is 69.8. The van der Waals surface area contributed by atoms with Gasteiger partial charge in [-0.1, -0.05) is 78.5 Å². The second-order valence-electron chi connectivity index (χ2n) is 28.0. The van der Waals surface area contributed by atoms with Crippen LogP contribution in [0.4, 0.5) is 13.2 Å². The van der Waals surface area contributed by atoms with Crippen LogP contribution in [0.3, 0.4) is 0 Å². The molecule has 0 radical (unpaired) electrons. The standard InChI is InChI=1S/C69H116ClF3N12O/c1-14-49(6)63-42-78-62(39-47(2)3)51(8)77-43-64-65(67(86)83-35-18-15-19-36-83)54(11)85(64)66(48(4)5)52(9)80-68(29-16-17-30-68)46-75-33-32-74-31-28-57(26-24-56-25-27-60(61(70)41-56)69(71,72)73)76-34-38-81(12)44-59(40-55-22-23-55)82(13)45-58-21-20-37-84(58)53(10)50(7)79-63/h25,27-28,31,34,38,41,44-45,47-55,62-66,74-75,77-80H,14-24,26,29-30,32-33,35-37,39-40,42-43,46H2,1-13H3/t49-,50?,51?,52?,53-,54?,62-,63+,64?,65-,66-/m0/s1. The fourth-order valence-electron chi connectivity index (χ4n) is 14.8. The number of hydrogen-bond donors (Lipinski definition) is 6. The molecule has 1 spiro atoms. The Kier molecular flexibility index (Phi) is 26.7. The summed E-state index contributed by atoms with van der Waals surface area (Å²) in [6, 6.07) is 5.95. The number of halogens is 4. The smallest absolute Gasteiger partial charge is 0.390 e. The normalized spacial score (nSPS) is 30.3. The van der Waals surface area contributed by atoms with E-state index in [0.29, 0.717) is 49.0 Å². The maximum absolute atomic E-state index is 14.8. The van der Waals surface area contributed by atoms with Crippen molar-refractivity contribution in [2.75, 3.05) is 66.5 Å². The number of nitrogens with one attached hydrogen (secondary N) is 6. The lowest BCUT2D eigenvalue weighted by Crippen LogP contribution is -2.76. The quantitative estimate of drug-likeness (QED) is 0.127. The number of aliphatic imine (C=N–C) groups is 1. The summed E-state index contributed by atoms with van der Waals surface area (Å²) in [5, 5.41) is 23.8. The molecule has 1 amide bonds. The fraction of sp³-hybridized carbons (Fsp3) is 0.768. The van der Waals surface area contributed by atoms with Gasteiger partial charge in [-0.2, -0.15) is 13.2 Å². The van der Waals surface area contributed by atoms with Gasteiger partial charge in [0.1, 0.15) is 0 Å². The summed E-state index contributed by atoms with van der Waals surface area (Å²) in [4.78, 5) is 31.7. The van der Waals surface area contributed by atoms with E-state index in [1.54, 1.807) is 0 Å². The van der Waals surface area contributed by atoms with Crippen molar-refractivity contribution in [2.24, 2.45) is 34.6 Å². The lowest BCUT2D eigenvalue weighted by molar-refractivity contribution is -0.162. The average molecular weight is 1220 g/mol. The van der Waals surface area contributed by atoms with Crippen LogP contribution < -0.4 is 31.9 Å². The summed E-state index contributed by atoms with van der Waals surface area (Å²) in [5.74, 6) is 2.35. The molecule has 1 aromatic carbocycles. The van der Waals surface area contributed by atoms with E-state index in [1.807, 2.05) is 24.7 Å². The molecule has 3 saturated heterocycles. The molecule has 7 rings (SSSR count). The number of carbonyl (C=O) groups excluding carboxylic acids is 1. The minimum Gasteiger partial charge on any atom is -0.390 e. The Bertz CT molecular complexity index is 2410. The van der Waals surface area contributed by atoms with E-state index in [0.717, 1.165) is 121 Å². The molecule has 2 aliphatic carbocycles. The summed E-state index contributed by atoms with van der Waals surface area (Å²) in [6.07, 6.45) is 24.6. The van der Waals surface area contributed by atoms with E-state index in [4.69, 9.17) is 16.6 Å². The van der Waals surface area contributed by atoms with Gasteiger partial charge in [-0.05, 0) is 172 Å². The number of nitrogens with zero attached hydrogens (tertiary/aromatic N) is 6. The predicted molar refractivity (Wildman–Crippen MR) is 352 cm³/mol. The molecule has 17 heteroatoms. The zero-order valence-corrected chi connectivity index (χ0v) is 56.1. The lowest BCUT2D eigenvalue weighted by atomic mass is 9.74. The van der Waals surface area contributed by atoms with Crippen LogP contribution in [-0.2, 0) is 17.4 Å². The zero-order chi connectivity index (χ0) is 62.3. The second kappa shape index (κ2) is 32.9. The Balaban J connectivity index is 1.17. The molecule has 13 nitrogen and oxygen atoms in total. The van der Waals surface area contributed by atoms with Crippen molar-refractivity contribution >= 4 is 23.2 Å². The topological polar surface area (TPSA) is 118 Å². The van der Waals surface area contributed by atoms with Crippen molar-refractivity contribution in [3.8, 4) is 0 Å². The van der Waals surface area contributed by atoms with Crippen LogP contribution in [0.2, 0.25) is 5.02 Å². The molecule has 4 heterocycles. The largest absolute Gasteiger partial charge is 0.417 e. The predicted octanol–water partition coefficient (Wildman–Crippen LogP) is 12.1. The number of amides is 1. The van der Waals surface area contributed by atoms with Crippen molar-refractivity contribution in [2.45, 2.75) is 245 Å². The van der Waals surface area contributed by atoms with Crippen LogP contribution in [0.1, 0.15) is 184 Å². The SMILES string of the molecule is CC[C@H](C)[C@H]1CN[C@@H](CC(C)C)C(C)NCC2[C@@H](C(=O)N3CCCCC3)C(C)N2[C@@H](C(C)C)C(C)NC2(CCCC2)CNCCNC=CC(CCc2ccc(C(F)(F)F)c(Cl)c2)=NC=CN(C)C=C(CC2CC2)N(C)C=C2CCCN2[C@@H](C)C(C)N1. The molecule has 4 aliphatic heterocycles. The number of aryl methyl sites for hydroxylation is 1. The van der Waals surface area contributed by atoms with E-state index in [-0.39, 0.29) is 70.9 Å². The fourth-order valence-corrected chi connectivity index (χ4v) is 15.1. The third-order valence-corrected chi connectivity index (χ3v) is 20.7. The third-order valence-electron chi connectivity index (χ3n) is 20.4. The van der Waals surface area contributed by atoms with Crippen molar-refractivity contribution in [1.82, 2.24) is 56.4 Å². The zero-order valence-electron chi connectivity index (χ0n) is 55.4. The third kappa shape index (κ3) is 19.7. The Morgan fingerprint density at radius 1 is 0.849 bits per heavy atom. The summed E-state index contributed by atoms with van der Waals surface area (Å²) >= 11 is 6.18. The minimum atomic E-state index is -4.51. The molecule has 0 aromatic heterocycles. The van der Waals surface area contributed by atoms with E-state index in [9.17, 15) is 18.0 Å². The van der Waals surface area contributed by atoms with Gasteiger partial charge in [0.25, 0.3) is 0 Å². The van der Waals surface area contributed by atoms with Crippen molar-refractivity contribution in [3.63, 3.8) is 0 Å². The first-order chi connectivity index (χ1) is 41.0. The molecular formula is C69H116ClF3N12O. The average Bonchev–Trinajstić information content (AvgIpc) is 0.992. The molecule has 6 aliphatic rings. The molecular weight excluding hydrogens is 1110 g/mol. The number of alkyl halides is 3. The number of benzene rings is 1. The summed E-state index contributed by atoms with van der Waals surface area (Å²) in [5.41, 5.74) is 3.29. The number of carbonyl (C=O) groups is 1.